The Labute approximate surface area is 197 Å². The maximum absolute atomic E-state index is 13.7. The van der Waals surface area contributed by atoms with E-state index in [0.717, 1.165) is 29.5 Å². The van der Waals surface area contributed by atoms with Gasteiger partial charge in [0.15, 0.2) is 11.5 Å². The number of carbonyl (C=O) groups is 2. The smallest absolute Gasteiger partial charge is 0.317 e. The Balaban J connectivity index is 2.03. The second-order valence-corrected chi connectivity index (χ2v) is 11.1. The monoisotopic (exact) mass is 458 g/mol. The molecule has 1 saturated carbocycles. The van der Waals surface area contributed by atoms with Crippen molar-refractivity contribution in [1.29, 1.82) is 0 Å². The zero-order valence-corrected chi connectivity index (χ0v) is 21.2. The van der Waals surface area contributed by atoms with Gasteiger partial charge in [-0.05, 0) is 49.9 Å². The van der Waals surface area contributed by atoms with Crippen molar-refractivity contribution in [3.63, 3.8) is 0 Å². The number of benzene rings is 1. The lowest BCUT2D eigenvalue weighted by Crippen LogP contribution is -2.56. The molecular formula is C26H38N2O5. The molecule has 4 atom stereocenters. The van der Waals surface area contributed by atoms with Gasteiger partial charge >= 0.3 is 5.97 Å². The van der Waals surface area contributed by atoms with Gasteiger partial charge in [-0.1, -0.05) is 34.1 Å². The molecule has 3 aliphatic rings. The van der Waals surface area contributed by atoms with Gasteiger partial charge in [0.2, 0.25) is 5.91 Å². The topological polar surface area (TPSA) is 77.1 Å². The summed E-state index contributed by atoms with van der Waals surface area (Å²) in [4.78, 5) is 28.5. The Hall–Kier alpha value is -2.28. The lowest BCUT2D eigenvalue weighted by atomic mass is 9.49. The highest BCUT2D eigenvalue weighted by Crippen LogP contribution is 2.66. The van der Waals surface area contributed by atoms with Crippen LogP contribution in [0, 0.1) is 11.3 Å². The summed E-state index contributed by atoms with van der Waals surface area (Å²) in [6.07, 6.45) is 2.23. The van der Waals surface area contributed by atoms with Crippen molar-refractivity contribution in [3.8, 4) is 11.5 Å². The summed E-state index contributed by atoms with van der Waals surface area (Å²) in [7, 11) is 7.01. The van der Waals surface area contributed by atoms with Gasteiger partial charge in [-0.15, -0.1) is 0 Å². The predicted molar refractivity (Wildman–Crippen MR) is 126 cm³/mol. The zero-order valence-electron chi connectivity index (χ0n) is 21.2. The van der Waals surface area contributed by atoms with Crippen LogP contribution in [0.4, 0.5) is 0 Å². The van der Waals surface area contributed by atoms with E-state index >= 15 is 0 Å². The van der Waals surface area contributed by atoms with E-state index in [-0.39, 0.29) is 35.7 Å². The Bertz CT molecular complexity index is 970. The Morgan fingerprint density at radius 1 is 1.21 bits per heavy atom. The minimum absolute atomic E-state index is 0.0630. The molecule has 1 saturated heterocycles. The van der Waals surface area contributed by atoms with Crippen LogP contribution in [0.15, 0.2) is 6.07 Å². The van der Waals surface area contributed by atoms with Crippen LogP contribution in [0.1, 0.15) is 75.6 Å². The first-order valence-corrected chi connectivity index (χ1v) is 11.9. The predicted octanol–water partition coefficient (Wildman–Crippen LogP) is 3.55. The lowest BCUT2D eigenvalue weighted by Gasteiger charge is -2.52. The molecule has 1 amide bonds. The van der Waals surface area contributed by atoms with Gasteiger partial charge in [-0.2, -0.15) is 0 Å². The molecule has 1 aromatic carbocycles. The number of amides is 1. The summed E-state index contributed by atoms with van der Waals surface area (Å²) in [5, 5.41) is 3.22. The number of esters is 1. The van der Waals surface area contributed by atoms with Gasteiger partial charge in [0, 0.05) is 17.0 Å². The molecule has 0 aromatic heterocycles. The highest BCUT2D eigenvalue weighted by Gasteiger charge is 2.70. The third kappa shape index (κ3) is 3.42. The normalized spacial score (nSPS) is 29.4. The number of hydrogen-bond acceptors (Lipinski definition) is 6. The van der Waals surface area contributed by atoms with Gasteiger partial charge in [-0.25, -0.2) is 0 Å². The van der Waals surface area contributed by atoms with Crippen LogP contribution >= 0.6 is 0 Å². The molecule has 1 aromatic rings. The van der Waals surface area contributed by atoms with Gasteiger partial charge in [0.1, 0.15) is 11.5 Å². The quantitative estimate of drug-likeness (QED) is 0.657. The van der Waals surface area contributed by atoms with Crippen molar-refractivity contribution < 1.29 is 23.8 Å². The summed E-state index contributed by atoms with van der Waals surface area (Å²) in [6, 6.07) is 1.67. The third-order valence-electron chi connectivity index (χ3n) is 7.91. The Morgan fingerprint density at radius 2 is 1.88 bits per heavy atom. The molecule has 2 aliphatic carbocycles. The highest BCUT2D eigenvalue weighted by atomic mass is 16.6. The Kier molecular flexibility index (Phi) is 5.92. The molecule has 2 bridgehead atoms. The summed E-state index contributed by atoms with van der Waals surface area (Å²) >= 11 is 0. The fraction of sp³-hybridized carbons (Fsp3) is 0.692. The number of hydrogen-bond donors (Lipinski definition) is 1. The SMILES string of the molecule is COc1c(C(C)C)cc2c(c1OC)C13CCCC(C)(C)C1C(OC3=O)C2NC(=O)CN(C)C. The van der Waals surface area contributed by atoms with E-state index in [4.69, 9.17) is 14.2 Å². The molecule has 1 heterocycles. The van der Waals surface area contributed by atoms with Crippen molar-refractivity contribution in [3.05, 3.63) is 22.8 Å². The molecule has 4 rings (SSSR count). The summed E-state index contributed by atoms with van der Waals surface area (Å²) in [6.45, 7) is 8.91. The van der Waals surface area contributed by atoms with Crippen LogP contribution in [0.5, 0.6) is 11.5 Å². The fourth-order valence-corrected chi connectivity index (χ4v) is 6.76. The number of fused-ring (bicyclic) bond motifs is 1. The molecule has 4 unspecified atom stereocenters. The molecule has 1 N–H and O–H groups in total. The molecule has 0 radical (unpaired) electrons. The van der Waals surface area contributed by atoms with E-state index in [1.807, 2.05) is 19.0 Å². The minimum atomic E-state index is -0.793. The first kappa shape index (κ1) is 23.9. The third-order valence-corrected chi connectivity index (χ3v) is 7.91. The first-order chi connectivity index (χ1) is 15.5. The van der Waals surface area contributed by atoms with E-state index in [1.54, 1.807) is 14.2 Å². The van der Waals surface area contributed by atoms with Crippen LogP contribution in [-0.2, 0) is 19.7 Å². The van der Waals surface area contributed by atoms with Crippen molar-refractivity contribution in [2.24, 2.45) is 11.3 Å². The number of nitrogens with zero attached hydrogens (tertiary/aromatic N) is 1. The van der Waals surface area contributed by atoms with Gasteiger partial charge in [0.05, 0.1) is 26.8 Å². The fourth-order valence-electron chi connectivity index (χ4n) is 6.76. The maximum atomic E-state index is 13.7. The van der Waals surface area contributed by atoms with Crippen molar-refractivity contribution in [2.75, 3.05) is 34.9 Å². The molecule has 0 spiro atoms. The van der Waals surface area contributed by atoms with E-state index in [0.29, 0.717) is 17.9 Å². The second-order valence-electron chi connectivity index (χ2n) is 11.1. The second kappa shape index (κ2) is 8.19. The molecule has 7 heteroatoms. The van der Waals surface area contributed by atoms with E-state index < -0.39 is 17.6 Å². The Morgan fingerprint density at radius 3 is 2.45 bits per heavy atom. The summed E-state index contributed by atoms with van der Waals surface area (Å²) in [5.74, 6) is 1.08. The molecule has 33 heavy (non-hydrogen) atoms. The average Bonchev–Trinajstić information content (AvgIpc) is 2.99. The number of carbonyl (C=O) groups excluding carboxylic acids is 2. The van der Waals surface area contributed by atoms with E-state index in [2.05, 4.69) is 39.1 Å². The summed E-state index contributed by atoms with van der Waals surface area (Å²) in [5.41, 5.74) is 1.84. The number of rotatable bonds is 6. The molecule has 7 nitrogen and oxygen atoms in total. The van der Waals surface area contributed by atoms with E-state index in [1.165, 1.54) is 0 Å². The van der Waals surface area contributed by atoms with Crippen molar-refractivity contribution >= 4 is 11.9 Å². The average molecular weight is 459 g/mol. The van der Waals surface area contributed by atoms with Crippen molar-refractivity contribution in [1.82, 2.24) is 10.2 Å². The molecule has 182 valence electrons. The van der Waals surface area contributed by atoms with E-state index in [9.17, 15) is 9.59 Å². The van der Waals surface area contributed by atoms with Gasteiger partial charge in [0.25, 0.3) is 0 Å². The van der Waals surface area contributed by atoms with Gasteiger partial charge < -0.3 is 24.4 Å². The molecular weight excluding hydrogens is 420 g/mol. The molecule has 1 aliphatic heterocycles. The van der Waals surface area contributed by atoms with Crippen LogP contribution in [-0.4, -0.2) is 57.7 Å². The van der Waals surface area contributed by atoms with Crippen LogP contribution in [0.3, 0.4) is 0 Å². The number of likely N-dealkylation sites (N-methyl/N-ethyl adjacent to an activating group) is 1. The largest absolute Gasteiger partial charge is 0.493 e. The van der Waals surface area contributed by atoms with Crippen LogP contribution < -0.4 is 14.8 Å². The maximum Gasteiger partial charge on any atom is 0.317 e. The first-order valence-electron chi connectivity index (χ1n) is 11.9. The lowest BCUT2D eigenvalue weighted by molar-refractivity contribution is -0.146. The van der Waals surface area contributed by atoms with Crippen molar-refractivity contribution in [2.45, 2.75) is 70.4 Å². The molecule has 2 fully saturated rings. The van der Waals surface area contributed by atoms with Crippen LogP contribution in [0.25, 0.3) is 0 Å². The summed E-state index contributed by atoms with van der Waals surface area (Å²) < 4.78 is 18.0. The van der Waals surface area contributed by atoms with Gasteiger partial charge in [-0.3, -0.25) is 9.59 Å². The standard InChI is InChI=1S/C26H38N2O5/c1-14(2)15-12-16-18(21(32-8)20(15)31-7)26-11-9-10-25(3,4)23(26)22(33-24(26)30)19(16)27-17(29)13-28(5)6/h12,14,19,22-23H,9-11,13H2,1-8H3,(H,27,29). The number of nitrogens with one attached hydrogen (secondary N) is 1. The number of methoxy groups -OCH3 is 2. The zero-order chi connectivity index (χ0) is 24.3. The minimum Gasteiger partial charge on any atom is -0.493 e. The highest BCUT2D eigenvalue weighted by molar-refractivity contribution is 5.91. The number of ether oxygens (including phenoxy) is 3. The van der Waals surface area contributed by atoms with Crippen LogP contribution in [0.2, 0.25) is 0 Å².